The van der Waals surface area contributed by atoms with Gasteiger partial charge in [0.1, 0.15) is 17.3 Å². The molecule has 0 aliphatic heterocycles. The molecule has 1 amide bonds. The highest BCUT2D eigenvalue weighted by Gasteiger charge is 2.14. The van der Waals surface area contributed by atoms with Crippen LogP contribution in [0.1, 0.15) is 25.8 Å². The van der Waals surface area contributed by atoms with Crippen molar-refractivity contribution >= 4 is 28.2 Å². The zero-order valence-corrected chi connectivity index (χ0v) is 13.1. The van der Waals surface area contributed by atoms with Crippen LogP contribution in [0.25, 0.3) is 0 Å². The van der Waals surface area contributed by atoms with E-state index in [1.807, 2.05) is 0 Å². The molecule has 24 heavy (non-hydrogen) atoms. The van der Waals surface area contributed by atoms with Crippen molar-refractivity contribution in [2.45, 2.75) is 6.61 Å². The molecule has 3 rings (SSSR count). The number of halogens is 1. The minimum Gasteiger partial charge on any atom is -0.459 e. The summed E-state index contributed by atoms with van der Waals surface area (Å²) in [6, 6.07) is 12.0. The Labute approximate surface area is 140 Å². The first kappa shape index (κ1) is 15.9. The number of benzene rings is 1. The van der Waals surface area contributed by atoms with Gasteiger partial charge in [-0.1, -0.05) is 12.1 Å². The number of nitrogens with one attached hydrogen (secondary N) is 1. The third-order valence-electron chi connectivity index (χ3n) is 3.07. The first-order valence-electron chi connectivity index (χ1n) is 6.98. The van der Waals surface area contributed by atoms with Crippen molar-refractivity contribution < 1.29 is 23.1 Å². The maximum absolute atomic E-state index is 12.8. The van der Waals surface area contributed by atoms with E-state index in [4.69, 9.17) is 9.15 Å². The van der Waals surface area contributed by atoms with E-state index >= 15 is 0 Å². The number of hydrogen-bond acceptors (Lipinski definition) is 5. The summed E-state index contributed by atoms with van der Waals surface area (Å²) in [5.74, 6) is -1.07. The van der Waals surface area contributed by atoms with Gasteiger partial charge in [0.15, 0.2) is 5.76 Å². The van der Waals surface area contributed by atoms with Crippen LogP contribution >= 0.6 is 11.3 Å². The quantitative estimate of drug-likeness (QED) is 0.707. The normalized spacial score (nSPS) is 10.4. The van der Waals surface area contributed by atoms with Gasteiger partial charge in [0, 0.05) is 0 Å². The lowest BCUT2D eigenvalue weighted by molar-refractivity contribution is 0.0478. The summed E-state index contributed by atoms with van der Waals surface area (Å²) in [5, 5.41) is 3.14. The van der Waals surface area contributed by atoms with E-state index in [0.717, 1.165) is 11.3 Å². The molecule has 0 saturated heterocycles. The Morgan fingerprint density at radius 2 is 1.92 bits per heavy atom. The van der Waals surface area contributed by atoms with Gasteiger partial charge in [-0.3, -0.25) is 4.79 Å². The molecule has 2 heterocycles. The standard InChI is InChI=1S/C17H12FNO4S/c18-12-5-3-11(4-6-12)10-23-17(21)14-7-8-15(24-14)19-16(20)13-2-1-9-22-13/h1-9H,10H2,(H,19,20). The number of anilines is 1. The second-order valence-corrected chi connectivity index (χ2v) is 5.88. The van der Waals surface area contributed by atoms with Gasteiger partial charge in [0.25, 0.3) is 5.91 Å². The van der Waals surface area contributed by atoms with Crippen LogP contribution in [0.5, 0.6) is 0 Å². The van der Waals surface area contributed by atoms with Crippen LogP contribution in [-0.2, 0) is 11.3 Å². The van der Waals surface area contributed by atoms with Gasteiger partial charge < -0.3 is 14.5 Å². The van der Waals surface area contributed by atoms with E-state index in [9.17, 15) is 14.0 Å². The second-order valence-electron chi connectivity index (χ2n) is 4.80. The molecule has 0 fully saturated rings. The average Bonchev–Trinajstić information content (AvgIpc) is 3.26. The highest BCUT2D eigenvalue weighted by Crippen LogP contribution is 2.23. The molecule has 0 aliphatic rings. The molecular weight excluding hydrogens is 333 g/mol. The number of thiophene rings is 1. The topological polar surface area (TPSA) is 68.5 Å². The Morgan fingerprint density at radius 1 is 1.12 bits per heavy atom. The Kier molecular flexibility index (Phi) is 4.72. The van der Waals surface area contributed by atoms with Crippen molar-refractivity contribution in [3.8, 4) is 0 Å². The highest BCUT2D eigenvalue weighted by atomic mass is 32.1. The molecule has 122 valence electrons. The molecule has 1 aromatic carbocycles. The molecule has 3 aromatic rings. The van der Waals surface area contributed by atoms with Crippen molar-refractivity contribution in [1.29, 1.82) is 0 Å². The number of amides is 1. The van der Waals surface area contributed by atoms with Gasteiger partial charge in [-0.05, 0) is 42.0 Å². The lowest BCUT2D eigenvalue weighted by Crippen LogP contribution is -2.09. The summed E-state index contributed by atoms with van der Waals surface area (Å²) in [4.78, 5) is 24.2. The zero-order valence-electron chi connectivity index (χ0n) is 12.3. The van der Waals surface area contributed by atoms with Crippen molar-refractivity contribution in [2.24, 2.45) is 0 Å². The number of hydrogen-bond donors (Lipinski definition) is 1. The molecule has 0 atom stereocenters. The van der Waals surface area contributed by atoms with Gasteiger partial charge in [-0.15, -0.1) is 11.3 Å². The van der Waals surface area contributed by atoms with Crippen molar-refractivity contribution in [1.82, 2.24) is 0 Å². The third-order valence-corrected chi connectivity index (χ3v) is 4.05. The third kappa shape index (κ3) is 3.88. The molecule has 2 aromatic heterocycles. The van der Waals surface area contributed by atoms with Crippen LogP contribution in [0.4, 0.5) is 9.39 Å². The summed E-state index contributed by atoms with van der Waals surface area (Å²) in [7, 11) is 0. The molecule has 0 saturated carbocycles. The number of esters is 1. The van der Waals surface area contributed by atoms with Gasteiger partial charge in [0.2, 0.25) is 0 Å². The molecule has 0 unspecified atom stereocenters. The van der Waals surface area contributed by atoms with E-state index in [0.29, 0.717) is 15.4 Å². The van der Waals surface area contributed by atoms with E-state index < -0.39 is 11.9 Å². The van der Waals surface area contributed by atoms with Crippen LogP contribution in [0.2, 0.25) is 0 Å². The Bertz CT molecular complexity index is 840. The zero-order chi connectivity index (χ0) is 16.9. The minimum absolute atomic E-state index is 0.0467. The predicted octanol–water partition coefficient (Wildman–Crippen LogP) is 4.09. The summed E-state index contributed by atoms with van der Waals surface area (Å²) in [6.07, 6.45) is 1.40. The number of carbonyl (C=O) groups excluding carboxylic acids is 2. The maximum atomic E-state index is 12.8. The van der Waals surface area contributed by atoms with Crippen LogP contribution in [-0.4, -0.2) is 11.9 Å². The Morgan fingerprint density at radius 3 is 2.62 bits per heavy atom. The molecule has 0 radical (unpaired) electrons. The average molecular weight is 345 g/mol. The van der Waals surface area contributed by atoms with Gasteiger partial charge >= 0.3 is 5.97 Å². The number of furan rings is 1. The summed E-state index contributed by atoms with van der Waals surface area (Å²) in [6.45, 7) is 0.0467. The SMILES string of the molecule is O=C(Nc1ccc(C(=O)OCc2ccc(F)cc2)s1)c1ccco1. The lowest BCUT2D eigenvalue weighted by Gasteiger charge is -2.03. The lowest BCUT2D eigenvalue weighted by atomic mass is 10.2. The Hall–Kier alpha value is -2.93. The fourth-order valence-electron chi connectivity index (χ4n) is 1.90. The monoisotopic (exact) mass is 345 g/mol. The fraction of sp³-hybridized carbons (Fsp3) is 0.0588. The van der Waals surface area contributed by atoms with Crippen LogP contribution in [0.15, 0.2) is 59.2 Å². The number of ether oxygens (including phenoxy) is 1. The molecular formula is C17H12FNO4S. The van der Waals surface area contributed by atoms with E-state index in [2.05, 4.69) is 5.32 Å². The van der Waals surface area contributed by atoms with Crippen molar-refractivity contribution in [3.05, 3.63) is 76.8 Å². The van der Waals surface area contributed by atoms with Gasteiger partial charge in [0.05, 0.1) is 11.3 Å². The minimum atomic E-state index is -0.511. The van der Waals surface area contributed by atoms with E-state index in [-0.39, 0.29) is 18.2 Å². The predicted molar refractivity (Wildman–Crippen MR) is 86.5 cm³/mol. The number of carbonyl (C=O) groups is 2. The molecule has 0 aliphatic carbocycles. The fourth-order valence-corrected chi connectivity index (χ4v) is 2.69. The Balaban J connectivity index is 1.57. The number of rotatable bonds is 5. The molecule has 5 nitrogen and oxygen atoms in total. The first-order chi connectivity index (χ1) is 11.6. The molecule has 1 N–H and O–H groups in total. The van der Waals surface area contributed by atoms with Crippen molar-refractivity contribution in [2.75, 3.05) is 5.32 Å². The van der Waals surface area contributed by atoms with Crippen LogP contribution in [0.3, 0.4) is 0 Å². The maximum Gasteiger partial charge on any atom is 0.348 e. The largest absolute Gasteiger partial charge is 0.459 e. The second kappa shape index (κ2) is 7.10. The van der Waals surface area contributed by atoms with Crippen molar-refractivity contribution in [3.63, 3.8) is 0 Å². The summed E-state index contributed by atoms with van der Waals surface area (Å²) in [5.41, 5.74) is 0.688. The van der Waals surface area contributed by atoms with Gasteiger partial charge in [-0.25, -0.2) is 9.18 Å². The van der Waals surface area contributed by atoms with E-state index in [1.165, 1.54) is 18.4 Å². The van der Waals surface area contributed by atoms with Gasteiger partial charge in [-0.2, -0.15) is 0 Å². The first-order valence-corrected chi connectivity index (χ1v) is 7.80. The molecule has 7 heteroatoms. The van der Waals surface area contributed by atoms with Crippen LogP contribution < -0.4 is 5.32 Å². The van der Waals surface area contributed by atoms with E-state index in [1.54, 1.807) is 36.4 Å². The smallest absolute Gasteiger partial charge is 0.348 e. The summed E-state index contributed by atoms with van der Waals surface area (Å²) < 4.78 is 23.0. The van der Waals surface area contributed by atoms with Crippen LogP contribution in [0, 0.1) is 5.82 Å². The molecule has 0 spiro atoms. The highest BCUT2D eigenvalue weighted by molar-refractivity contribution is 7.18. The summed E-state index contributed by atoms with van der Waals surface area (Å²) >= 11 is 1.10. The molecule has 0 bridgehead atoms.